The van der Waals surface area contributed by atoms with E-state index in [0.717, 1.165) is 6.42 Å². The standard InChI is InChI=1S/C20H20N2O5/c1-27-20(26)14-8-9-15(17(23)11-14)12-4-6-13(7-5-12)18(24)22-16-3-2-10-21-19(16)25/h4-9,11,16,23H,2-3,10H2,1H3,(H,21,25)(H,22,24)/t16-/m0/s1. The number of esters is 1. The van der Waals surface area contributed by atoms with Crippen LogP contribution in [0.25, 0.3) is 11.1 Å². The molecule has 1 heterocycles. The quantitative estimate of drug-likeness (QED) is 0.715. The number of amides is 2. The maximum Gasteiger partial charge on any atom is 0.337 e. The number of benzene rings is 2. The van der Waals surface area contributed by atoms with Crippen molar-refractivity contribution in [1.82, 2.24) is 10.6 Å². The molecule has 7 nitrogen and oxygen atoms in total. The highest BCUT2D eigenvalue weighted by atomic mass is 16.5. The average Bonchev–Trinajstić information content (AvgIpc) is 2.69. The van der Waals surface area contributed by atoms with Crippen LogP contribution in [0.3, 0.4) is 0 Å². The maximum atomic E-state index is 12.3. The Morgan fingerprint density at radius 3 is 2.48 bits per heavy atom. The van der Waals surface area contributed by atoms with Gasteiger partial charge in [-0.05, 0) is 48.7 Å². The van der Waals surface area contributed by atoms with E-state index in [0.29, 0.717) is 29.7 Å². The zero-order valence-corrected chi connectivity index (χ0v) is 14.8. The highest BCUT2D eigenvalue weighted by molar-refractivity contribution is 5.98. The van der Waals surface area contributed by atoms with Crippen LogP contribution in [0, 0.1) is 0 Å². The Labute approximate surface area is 156 Å². The molecule has 0 aromatic heterocycles. The van der Waals surface area contributed by atoms with Gasteiger partial charge in [0.1, 0.15) is 11.8 Å². The van der Waals surface area contributed by atoms with Gasteiger partial charge in [-0.1, -0.05) is 12.1 Å². The first-order chi connectivity index (χ1) is 13.0. The molecule has 1 fully saturated rings. The lowest BCUT2D eigenvalue weighted by atomic mass is 10.0. The zero-order chi connectivity index (χ0) is 19.4. The zero-order valence-electron chi connectivity index (χ0n) is 14.8. The van der Waals surface area contributed by atoms with Gasteiger partial charge in [0.15, 0.2) is 0 Å². The van der Waals surface area contributed by atoms with E-state index in [1.165, 1.54) is 13.2 Å². The number of phenols is 1. The fourth-order valence-electron chi connectivity index (χ4n) is 2.97. The van der Waals surface area contributed by atoms with Crippen molar-refractivity contribution in [3.8, 4) is 16.9 Å². The van der Waals surface area contributed by atoms with E-state index in [1.807, 2.05) is 0 Å². The highest BCUT2D eigenvalue weighted by Crippen LogP contribution is 2.30. The number of rotatable bonds is 4. The topological polar surface area (TPSA) is 105 Å². The summed E-state index contributed by atoms with van der Waals surface area (Å²) in [5.41, 5.74) is 1.89. The number of carbonyl (C=O) groups excluding carboxylic acids is 3. The fraction of sp³-hybridized carbons (Fsp3) is 0.250. The van der Waals surface area contributed by atoms with E-state index in [1.54, 1.807) is 36.4 Å². The number of carbonyl (C=O) groups is 3. The van der Waals surface area contributed by atoms with Crippen molar-refractivity contribution in [2.75, 3.05) is 13.7 Å². The summed E-state index contributed by atoms with van der Waals surface area (Å²) in [6.07, 6.45) is 1.45. The lowest BCUT2D eigenvalue weighted by molar-refractivity contribution is -0.124. The van der Waals surface area contributed by atoms with Crippen molar-refractivity contribution < 1.29 is 24.2 Å². The molecule has 3 N–H and O–H groups in total. The summed E-state index contributed by atoms with van der Waals surface area (Å²) >= 11 is 0. The summed E-state index contributed by atoms with van der Waals surface area (Å²) in [4.78, 5) is 35.6. The molecular weight excluding hydrogens is 348 g/mol. The number of hydrogen-bond donors (Lipinski definition) is 3. The van der Waals surface area contributed by atoms with Gasteiger partial charge in [-0.15, -0.1) is 0 Å². The smallest absolute Gasteiger partial charge is 0.337 e. The molecule has 140 valence electrons. The average molecular weight is 368 g/mol. The third kappa shape index (κ3) is 4.08. The van der Waals surface area contributed by atoms with Gasteiger partial charge in [0.05, 0.1) is 12.7 Å². The first-order valence-electron chi connectivity index (χ1n) is 8.60. The molecule has 0 aliphatic carbocycles. The third-order valence-corrected chi connectivity index (χ3v) is 4.47. The van der Waals surface area contributed by atoms with Crippen molar-refractivity contribution >= 4 is 17.8 Å². The number of ether oxygens (including phenoxy) is 1. The molecule has 1 atom stereocenters. The van der Waals surface area contributed by atoms with E-state index in [-0.39, 0.29) is 23.1 Å². The molecule has 0 bridgehead atoms. The Morgan fingerprint density at radius 1 is 1.15 bits per heavy atom. The highest BCUT2D eigenvalue weighted by Gasteiger charge is 2.24. The van der Waals surface area contributed by atoms with Crippen LogP contribution in [0.15, 0.2) is 42.5 Å². The number of aromatic hydroxyl groups is 1. The van der Waals surface area contributed by atoms with E-state index >= 15 is 0 Å². The molecule has 2 amide bonds. The number of nitrogens with one attached hydrogen (secondary N) is 2. The molecule has 2 aromatic rings. The van der Waals surface area contributed by atoms with Crippen LogP contribution in [-0.4, -0.2) is 42.6 Å². The molecule has 0 unspecified atom stereocenters. The predicted octanol–water partition coefficient (Wildman–Crippen LogP) is 1.85. The summed E-state index contributed by atoms with van der Waals surface area (Å²) in [6, 6.07) is 10.6. The van der Waals surface area contributed by atoms with Crippen molar-refractivity contribution in [2.45, 2.75) is 18.9 Å². The van der Waals surface area contributed by atoms with Gasteiger partial charge in [0, 0.05) is 17.7 Å². The molecule has 2 aromatic carbocycles. The lowest BCUT2D eigenvalue weighted by Gasteiger charge is -2.22. The molecule has 0 radical (unpaired) electrons. The minimum atomic E-state index is -0.532. The van der Waals surface area contributed by atoms with Gasteiger partial charge in [0.25, 0.3) is 5.91 Å². The van der Waals surface area contributed by atoms with E-state index in [9.17, 15) is 19.5 Å². The van der Waals surface area contributed by atoms with Crippen LogP contribution in [-0.2, 0) is 9.53 Å². The van der Waals surface area contributed by atoms with Gasteiger partial charge in [0.2, 0.25) is 5.91 Å². The summed E-state index contributed by atoms with van der Waals surface area (Å²) in [7, 11) is 1.27. The van der Waals surface area contributed by atoms with E-state index in [4.69, 9.17) is 0 Å². The van der Waals surface area contributed by atoms with Gasteiger partial charge in [-0.3, -0.25) is 9.59 Å². The Hall–Kier alpha value is -3.35. The SMILES string of the molecule is COC(=O)c1ccc(-c2ccc(C(=O)N[C@H]3CCCNC3=O)cc2)c(O)c1. The second-order valence-electron chi connectivity index (χ2n) is 6.26. The van der Waals surface area contributed by atoms with Crippen molar-refractivity contribution in [3.05, 3.63) is 53.6 Å². The normalized spacial score (nSPS) is 16.3. The predicted molar refractivity (Wildman–Crippen MR) is 98.4 cm³/mol. The molecule has 27 heavy (non-hydrogen) atoms. The Morgan fingerprint density at radius 2 is 1.85 bits per heavy atom. The van der Waals surface area contributed by atoms with Gasteiger partial charge in [-0.25, -0.2) is 4.79 Å². The third-order valence-electron chi connectivity index (χ3n) is 4.47. The molecule has 3 rings (SSSR count). The molecule has 0 saturated carbocycles. The minimum absolute atomic E-state index is 0.0611. The van der Waals surface area contributed by atoms with Crippen LogP contribution < -0.4 is 10.6 Å². The number of phenolic OH excluding ortho intramolecular Hbond substituents is 1. The summed E-state index contributed by atoms with van der Waals surface area (Å²) in [5, 5.41) is 15.6. The van der Waals surface area contributed by atoms with Crippen molar-refractivity contribution in [2.24, 2.45) is 0 Å². The van der Waals surface area contributed by atoms with Crippen molar-refractivity contribution in [3.63, 3.8) is 0 Å². The summed E-state index contributed by atoms with van der Waals surface area (Å²) in [6.45, 7) is 0.637. The Balaban J connectivity index is 1.74. The molecule has 7 heteroatoms. The van der Waals surface area contributed by atoms with E-state index < -0.39 is 12.0 Å². The minimum Gasteiger partial charge on any atom is -0.507 e. The second-order valence-corrected chi connectivity index (χ2v) is 6.26. The lowest BCUT2D eigenvalue weighted by Crippen LogP contribution is -2.50. The first-order valence-corrected chi connectivity index (χ1v) is 8.60. The maximum absolute atomic E-state index is 12.3. The van der Waals surface area contributed by atoms with Gasteiger partial charge < -0.3 is 20.5 Å². The summed E-state index contributed by atoms with van der Waals surface area (Å²) < 4.78 is 4.63. The largest absolute Gasteiger partial charge is 0.507 e. The molecule has 0 spiro atoms. The van der Waals surface area contributed by atoms with E-state index in [2.05, 4.69) is 15.4 Å². The number of piperidine rings is 1. The van der Waals surface area contributed by atoms with Gasteiger partial charge in [-0.2, -0.15) is 0 Å². The monoisotopic (exact) mass is 368 g/mol. The summed E-state index contributed by atoms with van der Waals surface area (Å²) in [5.74, 6) is -1.08. The van der Waals surface area contributed by atoms with Crippen molar-refractivity contribution in [1.29, 1.82) is 0 Å². The Bertz CT molecular complexity index is 876. The number of methoxy groups -OCH3 is 1. The molecule has 1 aliphatic rings. The molecule has 1 aliphatic heterocycles. The first kappa shape index (κ1) is 18.4. The number of hydrogen-bond acceptors (Lipinski definition) is 5. The van der Waals surface area contributed by atoms with Crippen LogP contribution in [0.1, 0.15) is 33.6 Å². The van der Waals surface area contributed by atoms with Crippen LogP contribution in [0.2, 0.25) is 0 Å². The Kier molecular flexibility index (Phi) is 5.40. The fourth-order valence-corrected chi connectivity index (χ4v) is 2.97. The van der Waals surface area contributed by atoms with Gasteiger partial charge >= 0.3 is 5.97 Å². The van der Waals surface area contributed by atoms with Crippen LogP contribution in [0.4, 0.5) is 0 Å². The van der Waals surface area contributed by atoms with Crippen LogP contribution in [0.5, 0.6) is 5.75 Å². The van der Waals surface area contributed by atoms with Crippen LogP contribution >= 0.6 is 0 Å². The molecular formula is C20H20N2O5. The molecule has 1 saturated heterocycles. The second kappa shape index (κ2) is 7.90.